The standard InChI is InChI=1S/C23H24N2O2/c1-25(17-20-10-6-7-15-24-20)23(26)16-22(18-8-4-3-5-9-18)19-11-13-21(27-2)14-12-19/h3-15,22H,16-17H2,1-2H3/t22-/m1/s1. The molecule has 4 nitrogen and oxygen atoms in total. The van der Waals surface area contributed by atoms with E-state index >= 15 is 0 Å². The van der Waals surface area contributed by atoms with Crippen LogP contribution in [0, 0.1) is 0 Å². The highest BCUT2D eigenvalue weighted by Gasteiger charge is 2.21. The summed E-state index contributed by atoms with van der Waals surface area (Å²) in [6.07, 6.45) is 2.15. The van der Waals surface area contributed by atoms with Crippen LogP contribution in [0.4, 0.5) is 0 Å². The van der Waals surface area contributed by atoms with Crippen LogP contribution in [0.2, 0.25) is 0 Å². The van der Waals surface area contributed by atoms with E-state index in [4.69, 9.17) is 4.74 Å². The Morgan fingerprint density at radius 1 is 0.963 bits per heavy atom. The zero-order chi connectivity index (χ0) is 19.1. The van der Waals surface area contributed by atoms with Gasteiger partial charge < -0.3 is 9.64 Å². The molecule has 0 spiro atoms. The molecule has 3 rings (SSSR count). The Kier molecular flexibility index (Phi) is 6.21. The van der Waals surface area contributed by atoms with Crippen LogP contribution in [0.1, 0.15) is 29.2 Å². The van der Waals surface area contributed by atoms with Gasteiger partial charge in [-0.05, 0) is 35.4 Å². The lowest BCUT2D eigenvalue weighted by molar-refractivity contribution is -0.130. The number of carbonyl (C=O) groups is 1. The Bertz CT molecular complexity index is 849. The fraction of sp³-hybridized carbons (Fsp3) is 0.217. The number of benzene rings is 2. The molecule has 0 saturated heterocycles. The van der Waals surface area contributed by atoms with Crippen molar-refractivity contribution >= 4 is 5.91 Å². The molecule has 0 saturated carbocycles. The van der Waals surface area contributed by atoms with E-state index in [-0.39, 0.29) is 11.8 Å². The molecule has 4 heteroatoms. The molecule has 138 valence electrons. The lowest BCUT2D eigenvalue weighted by atomic mass is 9.88. The Hall–Kier alpha value is -3.14. The highest BCUT2D eigenvalue weighted by Crippen LogP contribution is 2.30. The third-order valence-corrected chi connectivity index (χ3v) is 4.65. The molecule has 0 unspecified atom stereocenters. The molecule has 1 aromatic heterocycles. The molecule has 27 heavy (non-hydrogen) atoms. The number of rotatable bonds is 7. The maximum absolute atomic E-state index is 12.9. The van der Waals surface area contributed by atoms with Crippen molar-refractivity contribution in [2.75, 3.05) is 14.2 Å². The van der Waals surface area contributed by atoms with Gasteiger partial charge in [0.2, 0.25) is 5.91 Å². The van der Waals surface area contributed by atoms with Crippen molar-refractivity contribution in [3.63, 3.8) is 0 Å². The van der Waals surface area contributed by atoms with Crippen LogP contribution >= 0.6 is 0 Å². The van der Waals surface area contributed by atoms with Gasteiger partial charge in [-0.1, -0.05) is 48.5 Å². The molecular formula is C23H24N2O2. The summed E-state index contributed by atoms with van der Waals surface area (Å²) in [5, 5.41) is 0. The quantitative estimate of drug-likeness (QED) is 0.632. The lowest BCUT2D eigenvalue weighted by Gasteiger charge is -2.22. The second kappa shape index (κ2) is 8.99. The maximum Gasteiger partial charge on any atom is 0.223 e. The molecule has 1 heterocycles. The van der Waals surface area contributed by atoms with Gasteiger partial charge in [-0.15, -0.1) is 0 Å². The summed E-state index contributed by atoms with van der Waals surface area (Å²) in [6.45, 7) is 0.504. The van der Waals surface area contributed by atoms with Gasteiger partial charge >= 0.3 is 0 Å². The molecular weight excluding hydrogens is 336 g/mol. The smallest absolute Gasteiger partial charge is 0.223 e. The number of ether oxygens (including phenoxy) is 1. The summed E-state index contributed by atoms with van der Waals surface area (Å²) in [6, 6.07) is 23.8. The maximum atomic E-state index is 12.9. The summed E-state index contributed by atoms with van der Waals surface area (Å²) in [7, 11) is 3.48. The van der Waals surface area contributed by atoms with Gasteiger partial charge in [0.25, 0.3) is 0 Å². The molecule has 2 aromatic carbocycles. The van der Waals surface area contributed by atoms with Crippen LogP contribution in [0.25, 0.3) is 0 Å². The van der Waals surface area contributed by atoms with Crippen molar-refractivity contribution in [2.24, 2.45) is 0 Å². The zero-order valence-corrected chi connectivity index (χ0v) is 15.7. The largest absolute Gasteiger partial charge is 0.497 e. The molecule has 1 amide bonds. The van der Waals surface area contributed by atoms with Crippen LogP contribution in [0.3, 0.4) is 0 Å². The number of pyridine rings is 1. The second-order valence-electron chi connectivity index (χ2n) is 6.51. The predicted octanol–water partition coefficient (Wildman–Crippen LogP) is 4.27. The first-order chi connectivity index (χ1) is 13.2. The Labute approximate surface area is 160 Å². The van der Waals surface area contributed by atoms with Gasteiger partial charge in [0, 0.05) is 25.6 Å². The molecule has 1 atom stereocenters. The normalized spacial score (nSPS) is 11.6. The van der Waals surface area contributed by atoms with Crippen LogP contribution in [0.15, 0.2) is 79.0 Å². The third-order valence-electron chi connectivity index (χ3n) is 4.65. The van der Waals surface area contributed by atoms with Crippen LogP contribution in [-0.2, 0) is 11.3 Å². The summed E-state index contributed by atoms with van der Waals surface area (Å²) in [5.41, 5.74) is 3.11. The van der Waals surface area contributed by atoms with E-state index in [0.29, 0.717) is 13.0 Å². The van der Waals surface area contributed by atoms with Gasteiger partial charge in [-0.25, -0.2) is 0 Å². The Balaban J connectivity index is 1.79. The van der Waals surface area contributed by atoms with Crippen LogP contribution < -0.4 is 4.74 Å². The van der Waals surface area contributed by atoms with Crippen molar-refractivity contribution < 1.29 is 9.53 Å². The molecule has 0 fully saturated rings. The van der Waals surface area contributed by atoms with E-state index in [1.807, 2.05) is 67.7 Å². The SMILES string of the molecule is COc1ccc([C@H](CC(=O)N(C)Cc2ccccn2)c2ccccc2)cc1. The molecule has 3 aromatic rings. The molecule has 0 radical (unpaired) electrons. The van der Waals surface area contributed by atoms with E-state index in [9.17, 15) is 4.79 Å². The number of nitrogens with zero attached hydrogens (tertiary/aromatic N) is 2. The average Bonchev–Trinajstić information content (AvgIpc) is 2.73. The first-order valence-electron chi connectivity index (χ1n) is 9.00. The molecule has 0 N–H and O–H groups in total. The van der Waals surface area contributed by atoms with Gasteiger partial charge in [0.05, 0.1) is 19.3 Å². The number of carbonyl (C=O) groups excluding carboxylic acids is 1. The fourth-order valence-electron chi connectivity index (χ4n) is 3.10. The first kappa shape index (κ1) is 18.6. The van der Waals surface area contributed by atoms with Gasteiger partial charge in [0.15, 0.2) is 0 Å². The minimum atomic E-state index is -0.00390. The molecule has 0 aliphatic rings. The van der Waals surface area contributed by atoms with Crippen LogP contribution in [0.5, 0.6) is 5.75 Å². The molecule has 0 bridgehead atoms. The summed E-state index contributed by atoms with van der Waals surface area (Å²) < 4.78 is 5.26. The van der Waals surface area contributed by atoms with Crippen molar-refractivity contribution in [3.05, 3.63) is 95.8 Å². The number of hydrogen-bond donors (Lipinski definition) is 0. The molecule has 0 aliphatic heterocycles. The van der Waals surface area contributed by atoms with Gasteiger partial charge in [0.1, 0.15) is 5.75 Å². The number of aromatic nitrogens is 1. The number of methoxy groups -OCH3 is 1. The van der Waals surface area contributed by atoms with Gasteiger partial charge in [-0.3, -0.25) is 9.78 Å². The Morgan fingerprint density at radius 3 is 2.26 bits per heavy atom. The first-order valence-corrected chi connectivity index (χ1v) is 9.00. The summed E-state index contributed by atoms with van der Waals surface area (Å²) in [5.74, 6) is 0.894. The van der Waals surface area contributed by atoms with E-state index in [0.717, 1.165) is 22.6 Å². The lowest BCUT2D eigenvalue weighted by Crippen LogP contribution is -2.28. The van der Waals surface area contributed by atoms with Crippen molar-refractivity contribution in [1.82, 2.24) is 9.88 Å². The highest BCUT2D eigenvalue weighted by molar-refractivity contribution is 5.77. The second-order valence-corrected chi connectivity index (χ2v) is 6.51. The average molecular weight is 360 g/mol. The fourth-order valence-corrected chi connectivity index (χ4v) is 3.10. The van der Waals surface area contributed by atoms with E-state index in [2.05, 4.69) is 17.1 Å². The zero-order valence-electron chi connectivity index (χ0n) is 15.7. The monoisotopic (exact) mass is 360 g/mol. The van der Waals surface area contributed by atoms with E-state index < -0.39 is 0 Å². The summed E-state index contributed by atoms with van der Waals surface area (Å²) in [4.78, 5) is 18.9. The van der Waals surface area contributed by atoms with Crippen LogP contribution in [-0.4, -0.2) is 29.9 Å². The van der Waals surface area contributed by atoms with Crippen molar-refractivity contribution in [3.8, 4) is 5.75 Å². The number of amides is 1. The predicted molar refractivity (Wildman–Crippen MR) is 107 cm³/mol. The van der Waals surface area contributed by atoms with E-state index in [1.165, 1.54) is 0 Å². The van der Waals surface area contributed by atoms with Gasteiger partial charge in [-0.2, -0.15) is 0 Å². The molecule has 0 aliphatic carbocycles. The van der Waals surface area contributed by atoms with Crippen molar-refractivity contribution in [2.45, 2.75) is 18.9 Å². The summed E-state index contributed by atoms with van der Waals surface area (Å²) >= 11 is 0. The van der Waals surface area contributed by atoms with Crippen molar-refractivity contribution in [1.29, 1.82) is 0 Å². The third kappa shape index (κ3) is 4.94. The van der Waals surface area contributed by atoms with E-state index in [1.54, 1.807) is 18.2 Å². The minimum absolute atomic E-state index is 0.00390. The minimum Gasteiger partial charge on any atom is -0.497 e. The highest BCUT2D eigenvalue weighted by atomic mass is 16.5. The topological polar surface area (TPSA) is 42.4 Å². The Morgan fingerprint density at radius 2 is 1.63 bits per heavy atom. The number of hydrogen-bond acceptors (Lipinski definition) is 3.